The van der Waals surface area contributed by atoms with E-state index in [0.29, 0.717) is 33.8 Å². The molecule has 0 aliphatic rings. The number of sulfone groups is 1. The van der Waals surface area contributed by atoms with Gasteiger partial charge in [-0.3, -0.25) is 0 Å². The van der Waals surface area contributed by atoms with Crippen LogP contribution in [0.15, 0.2) is 132 Å². The minimum atomic E-state index is -4.00. The molecule has 0 saturated carbocycles. The molecule has 0 heterocycles. The fraction of sp³-hybridized carbons (Fsp3) is 0.143. The highest BCUT2D eigenvalue weighted by atomic mass is 32.2. The molecule has 0 spiro atoms. The molecule has 284 valence electrons. The molecule has 55 heavy (non-hydrogen) atoms. The molecular weight excluding hydrogens is 729 g/mol. The van der Waals surface area contributed by atoms with E-state index in [1.165, 1.54) is 62.4 Å². The summed E-state index contributed by atoms with van der Waals surface area (Å²) in [6.45, 7) is 20.6. The van der Waals surface area contributed by atoms with Gasteiger partial charge >= 0.3 is 23.9 Å². The van der Waals surface area contributed by atoms with Crippen LogP contribution in [0.4, 0.5) is 0 Å². The van der Waals surface area contributed by atoms with Crippen molar-refractivity contribution in [2.45, 2.75) is 37.5 Å². The van der Waals surface area contributed by atoms with Gasteiger partial charge in [-0.15, -0.1) is 0 Å². The zero-order valence-electron chi connectivity index (χ0n) is 30.6. The van der Waals surface area contributed by atoms with Crippen LogP contribution in [0.2, 0.25) is 0 Å². The summed E-state index contributed by atoms with van der Waals surface area (Å²) in [5, 5.41) is 0. The molecule has 0 aliphatic heterocycles. The molecule has 0 aliphatic carbocycles. The Morgan fingerprint density at radius 2 is 0.836 bits per heavy atom. The molecule has 0 atom stereocenters. The van der Waals surface area contributed by atoms with Gasteiger partial charge in [0.1, 0.15) is 23.0 Å². The number of hydrogen-bond acceptors (Lipinski definition) is 12. The number of rotatable bonds is 16. The van der Waals surface area contributed by atoms with E-state index < -0.39 is 33.7 Å². The number of ether oxygens (including phenoxy) is 6. The Morgan fingerprint density at radius 3 is 1.15 bits per heavy atom. The first-order valence-corrected chi connectivity index (χ1v) is 17.9. The smallest absolute Gasteiger partial charge is 0.343 e. The summed E-state index contributed by atoms with van der Waals surface area (Å²) >= 11 is 0. The van der Waals surface area contributed by atoms with E-state index in [2.05, 4.69) is 26.3 Å². The Labute approximate surface area is 318 Å². The van der Waals surface area contributed by atoms with Gasteiger partial charge in [0, 0.05) is 11.1 Å². The van der Waals surface area contributed by atoms with Gasteiger partial charge in [-0.25, -0.2) is 27.6 Å². The summed E-state index contributed by atoms with van der Waals surface area (Å²) in [4.78, 5) is 48.7. The third-order valence-electron chi connectivity index (χ3n) is 7.76. The first-order chi connectivity index (χ1) is 26.0. The van der Waals surface area contributed by atoms with Crippen molar-refractivity contribution in [3.05, 3.63) is 145 Å². The Bertz CT molecular complexity index is 2140. The van der Waals surface area contributed by atoms with E-state index in [9.17, 15) is 27.6 Å². The fourth-order valence-corrected chi connectivity index (χ4v) is 6.01. The third kappa shape index (κ3) is 10.7. The SMILES string of the molecule is C=C(C)C(=O)OCOc1ccc(C(=C)C(=O)Oc2ccc(S(=O)(=O)c3ccc(OC(=O)C(=C)c4ccc(OCOC(=O)C(=C)C)cc4C)cc3)cc2)c(C)c1. The molecule has 0 bridgehead atoms. The van der Waals surface area contributed by atoms with E-state index in [4.69, 9.17) is 28.4 Å². The summed E-state index contributed by atoms with van der Waals surface area (Å²) in [7, 11) is -4.00. The van der Waals surface area contributed by atoms with E-state index in [1.54, 1.807) is 50.2 Å². The second kappa shape index (κ2) is 17.9. The Hall–Kier alpha value is -6.73. The van der Waals surface area contributed by atoms with Crippen LogP contribution in [0.3, 0.4) is 0 Å². The van der Waals surface area contributed by atoms with E-state index >= 15 is 0 Å². The Morgan fingerprint density at radius 1 is 0.509 bits per heavy atom. The molecule has 0 N–H and O–H groups in total. The maximum Gasteiger partial charge on any atom is 0.343 e. The highest BCUT2D eigenvalue weighted by Gasteiger charge is 2.21. The topological polar surface area (TPSA) is 158 Å². The standard InChI is InChI=1S/C42H38O12S/c1-25(2)39(43)51-23-49-33-13-19-37(27(5)21-33)29(7)41(45)53-31-9-15-35(16-10-31)55(47,48)36-17-11-32(12-18-36)54-42(46)30(8)38-20-14-34(22-28(38)6)50-24-52-40(44)26(3)4/h9-22H,1,3,7-8,23-24H2,2,4-6H3. The molecule has 0 unspecified atom stereocenters. The largest absolute Gasteiger partial charge is 0.457 e. The van der Waals surface area contributed by atoms with Crippen molar-refractivity contribution in [2.24, 2.45) is 0 Å². The van der Waals surface area contributed by atoms with Crippen LogP contribution in [-0.2, 0) is 38.5 Å². The van der Waals surface area contributed by atoms with Crippen LogP contribution in [0.5, 0.6) is 23.0 Å². The lowest BCUT2D eigenvalue weighted by Gasteiger charge is -2.13. The molecule has 0 saturated heterocycles. The van der Waals surface area contributed by atoms with Gasteiger partial charge in [0.2, 0.25) is 23.4 Å². The second-order valence-corrected chi connectivity index (χ2v) is 14.0. The van der Waals surface area contributed by atoms with Gasteiger partial charge in [0.05, 0.1) is 20.9 Å². The highest BCUT2D eigenvalue weighted by molar-refractivity contribution is 7.91. The monoisotopic (exact) mass is 766 g/mol. The summed E-state index contributed by atoms with van der Waals surface area (Å²) in [6.07, 6.45) is 0. The van der Waals surface area contributed by atoms with Crippen LogP contribution in [0.1, 0.15) is 36.1 Å². The molecule has 12 nitrogen and oxygen atoms in total. The maximum absolute atomic E-state index is 13.4. The van der Waals surface area contributed by atoms with Crippen molar-refractivity contribution >= 4 is 44.9 Å². The van der Waals surface area contributed by atoms with Gasteiger partial charge < -0.3 is 28.4 Å². The van der Waals surface area contributed by atoms with Crippen molar-refractivity contribution < 1.29 is 56.0 Å². The minimum absolute atomic E-state index is 0.0530. The minimum Gasteiger partial charge on any atom is -0.457 e. The molecule has 0 radical (unpaired) electrons. The van der Waals surface area contributed by atoms with Crippen LogP contribution < -0.4 is 18.9 Å². The second-order valence-electron chi connectivity index (χ2n) is 12.1. The van der Waals surface area contributed by atoms with Gasteiger partial charge in [0.15, 0.2) is 0 Å². The van der Waals surface area contributed by atoms with E-state index in [1.807, 2.05) is 0 Å². The lowest BCUT2D eigenvalue weighted by atomic mass is 10.0. The normalized spacial score (nSPS) is 10.7. The number of hydrogen-bond donors (Lipinski definition) is 0. The Kier molecular flexibility index (Phi) is 13.3. The van der Waals surface area contributed by atoms with Gasteiger partial charge in [0.25, 0.3) is 0 Å². The van der Waals surface area contributed by atoms with Crippen molar-refractivity contribution in [3.63, 3.8) is 0 Å². The molecule has 0 amide bonds. The van der Waals surface area contributed by atoms with Gasteiger partial charge in [-0.05, 0) is 123 Å². The zero-order valence-corrected chi connectivity index (χ0v) is 31.4. The van der Waals surface area contributed by atoms with Crippen LogP contribution in [-0.4, -0.2) is 45.9 Å². The number of carbonyl (C=O) groups excluding carboxylic acids is 4. The summed E-state index contributed by atoms with van der Waals surface area (Å²) < 4.78 is 58.3. The van der Waals surface area contributed by atoms with Crippen LogP contribution in [0.25, 0.3) is 11.1 Å². The molecular formula is C42H38O12S. The van der Waals surface area contributed by atoms with Gasteiger partial charge in [-0.1, -0.05) is 38.4 Å². The van der Waals surface area contributed by atoms with Crippen molar-refractivity contribution in [3.8, 4) is 23.0 Å². The summed E-state index contributed by atoms with van der Waals surface area (Å²) in [5.41, 5.74) is 2.86. The number of esters is 4. The molecule has 13 heteroatoms. The average Bonchev–Trinajstić information content (AvgIpc) is 3.14. The lowest BCUT2D eigenvalue weighted by Crippen LogP contribution is -2.12. The maximum atomic E-state index is 13.4. The summed E-state index contributed by atoms with van der Waals surface area (Å²) in [5.74, 6) is -1.70. The zero-order chi connectivity index (χ0) is 40.4. The quantitative estimate of drug-likeness (QED) is 0.0486. The fourth-order valence-electron chi connectivity index (χ4n) is 4.74. The molecule has 0 aromatic heterocycles. The van der Waals surface area contributed by atoms with Crippen molar-refractivity contribution in [1.82, 2.24) is 0 Å². The first-order valence-electron chi connectivity index (χ1n) is 16.4. The van der Waals surface area contributed by atoms with Crippen molar-refractivity contribution in [1.29, 1.82) is 0 Å². The van der Waals surface area contributed by atoms with Crippen LogP contribution in [0, 0.1) is 13.8 Å². The lowest BCUT2D eigenvalue weighted by molar-refractivity contribution is -0.146. The van der Waals surface area contributed by atoms with E-state index in [-0.39, 0.29) is 57.2 Å². The molecule has 4 rings (SSSR count). The predicted octanol–water partition coefficient (Wildman–Crippen LogP) is 7.29. The van der Waals surface area contributed by atoms with Crippen LogP contribution >= 0.6 is 0 Å². The third-order valence-corrected chi connectivity index (χ3v) is 9.54. The van der Waals surface area contributed by atoms with Gasteiger partial charge in [-0.2, -0.15) is 0 Å². The Balaban J connectivity index is 1.33. The number of carbonyl (C=O) groups is 4. The first kappa shape index (κ1) is 41.0. The number of aryl methyl sites for hydroxylation is 2. The van der Waals surface area contributed by atoms with E-state index in [0.717, 1.165) is 0 Å². The highest BCUT2D eigenvalue weighted by Crippen LogP contribution is 2.29. The summed E-state index contributed by atoms with van der Waals surface area (Å²) in [6, 6.07) is 20.2. The number of benzene rings is 4. The molecule has 0 fully saturated rings. The average molecular weight is 767 g/mol. The predicted molar refractivity (Wildman–Crippen MR) is 203 cm³/mol. The molecule has 4 aromatic carbocycles. The molecule has 4 aromatic rings. The van der Waals surface area contributed by atoms with Crippen molar-refractivity contribution in [2.75, 3.05) is 13.6 Å².